The lowest BCUT2D eigenvalue weighted by atomic mass is 10.00. The maximum atomic E-state index is 3.60. The highest BCUT2D eigenvalue weighted by Gasteiger charge is 2.25. The molecule has 2 atom stereocenters. The van der Waals surface area contributed by atoms with E-state index in [-0.39, 0.29) is 0 Å². The second-order valence-electron chi connectivity index (χ2n) is 6.27. The van der Waals surface area contributed by atoms with Crippen molar-refractivity contribution in [1.82, 2.24) is 15.1 Å². The van der Waals surface area contributed by atoms with E-state index in [1.807, 2.05) is 0 Å². The van der Waals surface area contributed by atoms with Gasteiger partial charge in [0.1, 0.15) is 0 Å². The van der Waals surface area contributed by atoms with Gasteiger partial charge in [-0.15, -0.1) is 0 Å². The lowest BCUT2D eigenvalue weighted by Crippen LogP contribution is -2.47. The number of hydrogen-bond acceptors (Lipinski definition) is 3. The maximum absolute atomic E-state index is 3.60. The molecule has 3 nitrogen and oxygen atoms in total. The molecule has 0 aromatic heterocycles. The van der Waals surface area contributed by atoms with Gasteiger partial charge in [0.25, 0.3) is 0 Å². The van der Waals surface area contributed by atoms with E-state index in [1.165, 1.54) is 45.3 Å². The fraction of sp³-hybridized carbons (Fsp3) is 1.00. The largest absolute Gasteiger partial charge is 0.314 e. The molecule has 1 aliphatic heterocycles. The third-order valence-electron chi connectivity index (χ3n) is 4.71. The minimum atomic E-state index is 0.633. The van der Waals surface area contributed by atoms with Crippen molar-refractivity contribution in [3.63, 3.8) is 0 Å². The molecule has 19 heavy (non-hydrogen) atoms. The Labute approximate surface area is 120 Å². The zero-order chi connectivity index (χ0) is 14.3. The molecule has 1 heterocycles. The summed E-state index contributed by atoms with van der Waals surface area (Å²) in [4.78, 5) is 5.19. The van der Waals surface area contributed by atoms with Gasteiger partial charge >= 0.3 is 0 Å². The highest BCUT2D eigenvalue weighted by atomic mass is 15.2. The number of rotatable bonds is 8. The monoisotopic (exact) mass is 269 g/mol. The summed E-state index contributed by atoms with van der Waals surface area (Å²) in [6, 6.07) is 2.10. The number of nitrogens with zero attached hydrogens (tertiary/aromatic N) is 2. The Morgan fingerprint density at radius 3 is 2.37 bits per heavy atom. The zero-order valence-corrected chi connectivity index (χ0v) is 13.8. The molecular weight excluding hydrogens is 234 g/mol. The summed E-state index contributed by atoms with van der Waals surface area (Å²) in [5.74, 6) is 0. The van der Waals surface area contributed by atoms with Crippen LogP contribution in [0.1, 0.15) is 53.4 Å². The summed E-state index contributed by atoms with van der Waals surface area (Å²) in [5, 5.41) is 3.60. The predicted molar refractivity (Wildman–Crippen MR) is 84.7 cm³/mol. The molecular formula is C16H35N3. The number of likely N-dealkylation sites (tertiary alicyclic amines) is 1. The molecule has 114 valence electrons. The van der Waals surface area contributed by atoms with Crippen LogP contribution in [0.5, 0.6) is 0 Å². The van der Waals surface area contributed by atoms with Gasteiger partial charge in [0.15, 0.2) is 0 Å². The van der Waals surface area contributed by atoms with Crippen molar-refractivity contribution in [3.8, 4) is 0 Å². The Hall–Kier alpha value is -0.120. The number of piperidine rings is 1. The van der Waals surface area contributed by atoms with Gasteiger partial charge in [-0.3, -0.25) is 0 Å². The normalized spacial score (nSPS) is 21.8. The molecule has 0 saturated carbocycles. The van der Waals surface area contributed by atoms with Crippen LogP contribution in [0.25, 0.3) is 0 Å². The fourth-order valence-electron chi connectivity index (χ4n) is 3.15. The van der Waals surface area contributed by atoms with E-state index in [1.54, 1.807) is 0 Å². The first kappa shape index (κ1) is 16.9. The molecule has 1 fully saturated rings. The molecule has 2 unspecified atom stereocenters. The lowest BCUT2D eigenvalue weighted by molar-refractivity contribution is 0.0974. The molecule has 1 aliphatic rings. The van der Waals surface area contributed by atoms with Crippen LogP contribution in [0.4, 0.5) is 0 Å². The lowest BCUT2D eigenvalue weighted by Gasteiger charge is -2.39. The molecule has 0 aromatic rings. The van der Waals surface area contributed by atoms with Crippen molar-refractivity contribution in [2.75, 3.05) is 33.2 Å². The first-order valence-electron chi connectivity index (χ1n) is 8.26. The van der Waals surface area contributed by atoms with E-state index < -0.39 is 0 Å². The summed E-state index contributed by atoms with van der Waals surface area (Å²) in [6.07, 6.45) is 5.16. The summed E-state index contributed by atoms with van der Waals surface area (Å²) in [6.45, 7) is 14.1. The maximum Gasteiger partial charge on any atom is 0.0119 e. The van der Waals surface area contributed by atoms with Gasteiger partial charge < -0.3 is 15.1 Å². The van der Waals surface area contributed by atoms with Crippen LogP contribution < -0.4 is 5.32 Å². The van der Waals surface area contributed by atoms with E-state index in [0.29, 0.717) is 12.1 Å². The molecule has 0 aromatic carbocycles. The third kappa shape index (κ3) is 5.80. The van der Waals surface area contributed by atoms with E-state index in [2.05, 4.69) is 49.9 Å². The molecule has 1 saturated heterocycles. The Bertz CT molecular complexity index is 224. The minimum Gasteiger partial charge on any atom is -0.314 e. The average Bonchev–Trinajstić information content (AvgIpc) is 2.44. The van der Waals surface area contributed by atoms with Crippen molar-refractivity contribution in [2.24, 2.45) is 0 Å². The second-order valence-corrected chi connectivity index (χ2v) is 6.27. The summed E-state index contributed by atoms with van der Waals surface area (Å²) < 4.78 is 0. The van der Waals surface area contributed by atoms with Crippen LogP contribution >= 0.6 is 0 Å². The molecule has 1 N–H and O–H groups in total. The van der Waals surface area contributed by atoms with E-state index in [0.717, 1.165) is 12.6 Å². The molecule has 0 radical (unpaired) electrons. The highest BCUT2D eigenvalue weighted by molar-refractivity contribution is 4.82. The Balaban J connectivity index is 2.29. The number of nitrogens with one attached hydrogen (secondary N) is 1. The van der Waals surface area contributed by atoms with Crippen LogP contribution in [-0.4, -0.2) is 61.2 Å². The van der Waals surface area contributed by atoms with Crippen LogP contribution in [0.2, 0.25) is 0 Å². The van der Waals surface area contributed by atoms with Gasteiger partial charge in [-0.2, -0.15) is 0 Å². The van der Waals surface area contributed by atoms with Crippen LogP contribution in [-0.2, 0) is 0 Å². The molecule has 0 spiro atoms. The van der Waals surface area contributed by atoms with Crippen LogP contribution in [0.15, 0.2) is 0 Å². The van der Waals surface area contributed by atoms with Crippen LogP contribution in [0, 0.1) is 0 Å². The molecule has 0 amide bonds. The van der Waals surface area contributed by atoms with Gasteiger partial charge in [-0.05, 0) is 72.8 Å². The van der Waals surface area contributed by atoms with E-state index >= 15 is 0 Å². The SMILES string of the molecule is CCCNC(C)CC(C)N(C)C1CCN(CC)CC1. The molecule has 0 aliphatic carbocycles. The highest BCUT2D eigenvalue weighted by Crippen LogP contribution is 2.18. The van der Waals surface area contributed by atoms with Gasteiger partial charge in [0, 0.05) is 18.1 Å². The molecule has 3 heteroatoms. The summed E-state index contributed by atoms with van der Waals surface area (Å²) in [7, 11) is 2.32. The quantitative estimate of drug-likeness (QED) is 0.730. The smallest absolute Gasteiger partial charge is 0.0119 e. The van der Waals surface area contributed by atoms with Gasteiger partial charge in [0.05, 0.1) is 0 Å². The minimum absolute atomic E-state index is 0.633. The van der Waals surface area contributed by atoms with Crippen molar-refractivity contribution in [2.45, 2.75) is 71.5 Å². The van der Waals surface area contributed by atoms with Crippen LogP contribution in [0.3, 0.4) is 0 Å². The number of hydrogen-bond donors (Lipinski definition) is 1. The van der Waals surface area contributed by atoms with Crippen molar-refractivity contribution in [1.29, 1.82) is 0 Å². The van der Waals surface area contributed by atoms with Gasteiger partial charge in [-0.25, -0.2) is 0 Å². The first-order chi connectivity index (χ1) is 9.08. The van der Waals surface area contributed by atoms with Crippen molar-refractivity contribution >= 4 is 0 Å². The van der Waals surface area contributed by atoms with Gasteiger partial charge in [0.2, 0.25) is 0 Å². The van der Waals surface area contributed by atoms with E-state index in [4.69, 9.17) is 0 Å². The Kier molecular flexibility index (Phi) is 7.96. The summed E-state index contributed by atoms with van der Waals surface area (Å²) in [5.41, 5.74) is 0. The van der Waals surface area contributed by atoms with E-state index in [9.17, 15) is 0 Å². The second kappa shape index (κ2) is 8.93. The zero-order valence-electron chi connectivity index (χ0n) is 13.8. The summed E-state index contributed by atoms with van der Waals surface area (Å²) >= 11 is 0. The topological polar surface area (TPSA) is 18.5 Å². The average molecular weight is 269 g/mol. The van der Waals surface area contributed by atoms with Crippen molar-refractivity contribution in [3.05, 3.63) is 0 Å². The third-order valence-corrected chi connectivity index (χ3v) is 4.71. The Morgan fingerprint density at radius 1 is 1.21 bits per heavy atom. The predicted octanol–water partition coefficient (Wildman–Crippen LogP) is 2.57. The fourth-order valence-corrected chi connectivity index (χ4v) is 3.15. The molecule has 0 bridgehead atoms. The molecule has 1 rings (SSSR count). The Morgan fingerprint density at radius 2 is 1.84 bits per heavy atom. The standard InChI is InChI=1S/C16H35N3/c1-6-10-17-14(3)13-15(4)18(5)16-8-11-19(7-2)12-9-16/h14-17H,6-13H2,1-5H3. The van der Waals surface area contributed by atoms with Gasteiger partial charge in [-0.1, -0.05) is 13.8 Å². The van der Waals surface area contributed by atoms with Crippen molar-refractivity contribution < 1.29 is 0 Å². The first-order valence-corrected chi connectivity index (χ1v) is 8.26.